The summed E-state index contributed by atoms with van der Waals surface area (Å²) in [6, 6.07) is 19.9. The van der Waals surface area contributed by atoms with E-state index in [-0.39, 0.29) is 18.0 Å². The van der Waals surface area contributed by atoms with Crippen LogP contribution in [-0.4, -0.2) is 17.1 Å². The zero-order valence-corrected chi connectivity index (χ0v) is 20.3. The molecule has 0 aliphatic carbocycles. The first-order chi connectivity index (χ1) is 16.0. The van der Waals surface area contributed by atoms with Crippen LogP contribution in [0.2, 0.25) is 5.02 Å². The fraction of sp³-hybridized carbons (Fsp3) is 0.125. The highest BCUT2D eigenvalue weighted by Crippen LogP contribution is 2.42. The summed E-state index contributed by atoms with van der Waals surface area (Å²) in [5, 5.41) is 13.0. The van der Waals surface area contributed by atoms with Crippen LogP contribution in [0.15, 0.2) is 86.4 Å². The average molecular weight is 543 g/mol. The van der Waals surface area contributed by atoms with E-state index in [1.54, 1.807) is 48.5 Å². The lowest BCUT2D eigenvalue weighted by atomic mass is 10.1. The fourth-order valence-electron chi connectivity index (χ4n) is 3.32. The van der Waals surface area contributed by atoms with Crippen LogP contribution in [0.4, 0.5) is 5.69 Å². The molecule has 1 aliphatic heterocycles. The third-order valence-electron chi connectivity index (χ3n) is 4.93. The molecule has 9 heteroatoms. The van der Waals surface area contributed by atoms with Gasteiger partial charge in [-0.05, 0) is 60.5 Å². The predicted octanol–water partition coefficient (Wildman–Crippen LogP) is 5.44. The molecule has 0 saturated carbocycles. The zero-order valence-electron chi connectivity index (χ0n) is 17.1. The number of halogens is 2. The molecule has 2 aromatic carbocycles. The second kappa shape index (κ2) is 10.3. The van der Waals surface area contributed by atoms with E-state index in [0.29, 0.717) is 27.9 Å². The molecule has 0 bridgehead atoms. The molecular weight excluding hydrogens is 526 g/mol. The Labute approximate surface area is 208 Å². The molecule has 2 heterocycles. The summed E-state index contributed by atoms with van der Waals surface area (Å²) in [6.45, 7) is 0.134. The summed E-state index contributed by atoms with van der Waals surface area (Å²) < 4.78 is 6.09. The van der Waals surface area contributed by atoms with Gasteiger partial charge < -0.3 is 9.73 Å². The Morgan fingerprint density at radius 2 is 1.91 bits per heavy atom. The van der Waals surface area contributed by atoms with Crippen molar-refractivity contribution < 1.29 is 14.0 Å². The number of anilines is 1. The van der Waals surface area contributed by atoms with Crippen molar-refractivity contribution >= 4 is 56.8 Å². The van der Waals surface area contributed by atoms with Crippen LogP contribution >= 0.6 is 39.3 Å². The van der Waals surface area contributed by atoms with Crippen LogP contribution in [0, 0.1) is 11.3 Å². The van der Waals surface area contributed by atoms with Crippen LogP contribution in [0.25, 0.3) is 0 Å². The second-order valence-electron chi connectivity index (χ2n) is 7.14. The number of carbonyl (C=O) groups is 2. The average Bonchev–Trinajstić information content (AvgIpc) is 3.44. The number of thioether (sulfide) groups is 1. The highest BCUT2D eigenvalue weighted by atomic mass is 79.9. The Morgan fingerprint density at radius 3 is 2.55 bits per heavy atom. The summed E-state index contributed by atoms with van der Waals surface area (Å²) >= 11 is 10.6. The molecule has 0 radical (unpaired) electrons. The molecule has 1 fully saturated rings. The first-order valence-corrected chi connectivity index (χ1v) is 12.0. The van der Waals surface area contributed by atoms with Gasteiger partial charge in [0.1, 0.15) is 22.4 Å². The van der Waals surface area contributed by atoms with E-state index in [1.165, 1.54) is 22.9 Å². The van der Waals surface area contributed by atoms with E-state index in [4.69, 9.17) is 16.0 Å². The molecule has 1 aromatic heterocycles. The Balaban J connectivity index is 1.67. The Kier molecular flexibility index (Phi) is 7.23. The molecule has 3 aromatic rings. The number of rotatable bonds is 6. The van der Waals surface area contributed by atoms with Gasteiger partial charge in [0.15, 0.2) is 0 Å². The van der Waals surface area contributed by atoms with Crippen molar-refractivity contribution in [1.82, 2.24) is 5.32 Å². The van der Waals surface area contributed by atoms with Crippen molar-refractivity contribution in [2.45, 2.75) is 18.2 Å². The number of carbonyl (C=O) groups excluding carboxylic acids is 2. The molecule has 166 valence electrons. The van der Waals surface area contributed by atoms with Crippen molar-refractivity contribution in [3.05, 3.63) is 98.3 Å². The standard InChI is InChI=1S/C24H17BrClN3O3S/c25-16-5-9-18(10-6-16)29-23(31)21(12-15-3-7-17(26)8-4-15)33-24(29)20(13-27)22(30)28-14-19-2-1-11-32-19/h1-11,21H,12,14H2,(H,28,30)/b24-20+/t21-/m0/s1. The lowest BCUT2D eigenvalue weighted by Crippen LogP contribution is -2.32. The van der Waals surface area contributed by atoms with Gasteiger partial charge in [0.2, 0.25) is 5.91 Å². The largest absolute Gasteiger partial charge is 0.467 e. The van der Waals surface area contributed by atoms with Gasteiger partial charge in [-0.25, -0.2) is 0 Å². The van der Waals surface area contributed by atoms with E-state index < -0.39 is 11.2 Å². The third-order valence-corrected chi connectivity index (χ3v) is 6.97. The molecule has 1 N–H and O–H groups in total. The van der Waals surface area contributed by atoms with Gasteiger partial charge in [-0.2, -0.15) is 5.26 Å². The van der Waals surface area contributed by atoms with E-state index in [0.717, 1.165) is 10.0 Å². The number of furan rings is 1. The molecule has 33 heavy (non-hydrogen) atoms. The number of nitriles is 1. The summed E-state index contributed by atoms with van der Waals surface area (Å²) in [6.07, 6.45) is 1.94. The molecule has 6 nitrogen and oxygen atoms in total. The van der Waals surface area contributed by atoms with E-state index in [2.05, 4.69) is 21.2 Å². The van der Waals surface area contributed by atoms with Crippen LogP contribution in [0.5, 0.6) is 0 Å². The van der Waals surface area contributed by atoms with E-state index in [1.807, 2.05) is 18.2 Å². The highest BCUT2D eigenvalue weighted by Gasteiger charge is 2.40. The van der Waals surface area contributed by atoms with Gasteiger partial charge in [-0.3, -0.25) is 14.5 Å². The number of hydrogen-bond donors (Lipinski definition) is 1. The van der Waals surface area contributed by atoms with Gasteiger partial charge in [0.05, 0.1) is 18.1 Å². The zero-order chi connectivity index (χ0) is 23.4. The third kappa shape index (κ3) is 5.33. The van der Waals surface area contributed by atoms with E-state index >= 15 is 0 Å². The fourth-order valence-corrected chi connectivity index (χ4v) is 5.01. The van der Waals surface area contributed by atoms with Crippen molar-refractivity contribution in [2.75, 3.05) is 4.90 Å². The second-order valence-corrected chi connectivity index (χ2v) is 9.68. The van der Waals surface area contributed by atoms with Crippen molar-refractivity contribution in [1.29, 1.82) is 5.26 Å². The first kappa shape index (κ1) is 23.2. The number of nitrogens with zero attached hydrogens (tertiary/aromatic N) is 2. The highest BCUT2D eigenvalue weighted by molar-refractivity contribution is 9.10. The summed E-state index contributed by atoms with van der Waals surface area (Å²) in [4.78, 5) is 27.8. The van der Waals surface area contributed by atoms with Crippen LogP contribution in [-0.2, 0) is 22.6 Å². The van der Waals surface area contributed by atoms with Crippen molar-refractivity contribution in [2.24, 2.45) is 0 Å². The number of hydrogen-bond acceptors (Lipinski definition) is 5. The van der Waals surface area contributed by atoms with E-state index in [9.17, 15) is 14.9 Å². The predicted molar refractivity (Wildman–Crippen MR) is 131 cm³/mol. The van der Waals surface area contributed by atoms with Gasteiger partial charge in [0.25, 0.3) is 5.91 Å². The summed E-state index contributed by atoms with van der Waals surface area (Å²) in [5.41, 5.74) is 1.39. The molecule has 4 rings (SSSR count). The number of benzene rings is 2. The lowest BCUT2D eigenvalue weighted by Gasteiger charge is -2.18. The lowest BCUT2D eigenvalue weighted by molar-refractivity contribution is -0.117. The van der Waals surface area contributed by atoms with Gasteiger partial charge >= 0.3 is 0 Å². The SMILES string of the molecule is N#C/C(C(=O)NCc1ccco1)=C1\S[C@@H](Cc2ccc(Cl)cc2)C(=O)N1c1ccc(Br)cc1. The Hall–Kier alpha value is -2.99. The van der Waals surface area contributed by atoms with Gasteiger partial charge in [-0.15, -0.1) is 0 Å². The molecule has 0 unspecified atom stereocenters. The minimum absolute atomic E-state index is 0.124. The van der Waals surface area contributed by atoms with Crippen molar-refractivity contribution in [3.8, 4) is 6.07 Å². The van der Waals surface area contributed by atoms with Crippen molar-refractivity contribution in [3.63, 3.8) is 0 Å². The quantitative estimate of drug-likeness (QED) is 0.331. The summed E-state index contributed by atoms with van der Waals surface area (Å²) in [7, 11) is 0. The van der Waals surface area contributed by atoms with Gasteiger partial charge in [-0.1, -0.05) is 51.4 Å². The summed E-state index contributed by atoms with van der Waals surface area (Å²) in [5.74, 6) is -0.205. The maximum absolute atomic E-state index is 13.4. The van der Waals surface area contributed by atoms with Gasteiger partial charge in [0, 0.05) is 15.2 Å². The topological polar surface area (TPSA) is 86.3 Å². The maximum Gasteiger partial charge on any atom is 0.265 e. The molecule has 1 atom stereocenters. The minimum atomic E-state index is -0.571. The molecule has 1 aliphatic rings. The van der Waals surface area contributed by atoms with Crippen LogP contribution < -0.4 is 10.2 Å². The number of nitrogens with one attached hydrogen (secondary N) is 1. The monoisotopic (exact) mass is 541 g/mol. The minimum Gasteiger partial charge on any atom is -0.467 e. The van der Waals surface area contributed by atoms with Crippen LogP contribution in [0.1, 0.15) is 11.3 Å². The number of amides is 2. The normalized spacial score (nSPS) is 17.1. The molecule has 2 amide bonds. The Bertz CT molecular complexity index is 1240. The first-order valence-electron chi connectivity index (χ1n) is 9.92. The molecular formula is C24H17BrClN3O3S. The maximum atomic E-state index is 13.4. The smallest absolute Gasteiger partial charge is 0.265 e. The van der Waals surface area contributed by atoms with Crippen LogP contribution in [0.3, 0.4) is 0 Å². The Morgan fingerprint density at radius 1 is 1.18 bits per heavy atom. The molecule has 1 saturated heterocycles. The molecule has 0 spiro atoms.